The van der Waals surface area contributed by atoms with E-state index in [-0.39, 0.29) is 11.7 Å². The summed E-state index contributed by atoms with van der Waals surface area (Å²) in [6, 6.07) is 6.43. The van der Waals surface area contributed by atoms with Gasteiger partial charge in [-0.05, 0) is 50.4 Å². The molecule has 0 atom stereocenters. The van der Waals surface area contributed by atoms with E-state index in [1.165, 1.54) is 6.26 Å². The fourth-order valence-electron chi connectivity index (χ4n) is 3.69. The van der Waals surface area contributed by atoms with Crippen molar-refractivity contribution in [1.82, 2.24) is 20.1 Å². The molecule has 1 aliphatic rings. The van der Waals surface area contributed by atoms with Gasteiger partial charge in [0.05, 0.1) is 22.9 Å². The van der Waals surface area contributed by atoms with Crippen molar-refractivity contribution in [2.45, 2.75) is 37.8 Å². The summed E-state index contributed by atoms with van der Waals surface area (Å²) in [5.41, 5.74) is 7.89. The summed E-state index contributed by atoms with van der Waals surface area (Å²) in [7, 11) is 2.02. The maximum absolute atomic E-state index is 12.3. The molecule has 0 aliphatic heterocycles. The number of oxazole rings is 1. The highest BCUT2D eigenvalue weighted by atomic mass is 35.5. The third kappa shape index (κ3) is 4.28. The van der Waals surface area contributed by atoms with Gasteiger partial charge in [0.15, 0.2) is 5.69 Å². The molecule has 0 unspecified atom stereocenters. The van der Waals surface area contributed by atoms with Crippen molar-refractivity contribution in [1.29, 1.82) is 0 Å². The highest BCUT2D eigenvalue weighted by molar-refractivity contribution is 6.34. The lowest BCUT2D eigenvalue weighted by atomic mass is 9.91. The third-order valence-electron chi connectivity index (χ3n) is 5.38. The number of rotatable bonds is 5. The molecule has 0 radical (unpaired) electrons. The van der Waals surface area contributed by atoms with Gasteiger partial charge in [-0.1, -0.05) is 17.7 Å². The zero-order chi connectivity index (χ0) is 20.4. The lowest BCUT2D eigenvalue weighted by molar-refractivity contribution is 0.102. The molecule has 4 rings (SSSR count). The van der Waals surface area contributed by atoms with Crippen molar-refractivity contribution in [2.75, 3.05) is 18.1 Å². The number of amides is 1. The molecule has 29 heavy (non-hydrogen) atoms. The van der Waals surface area contributed by atoms with E-state index in [1.807, 2.05) is 30.1 Å². The Bertz CT molecular complexity index is 1010. The Morgan fingerprint density at radius 3 is 2.76 bits per heavy atom. The second-order valence-electron chi connectivity index (χ2n) is 7.22. The lowest BCUT2D eigenvalue weighted by Gasteiger charge is -2.28. The number of carbonyl (C=O) groups is 1. The molecule has 0 spiro atoms. The summed E-state index contributed by atoms with van der Waals surface area (Å²) in [6.07, 6.45) is 9.62. The molecule has 1 amide bonds. The van der Waals surface area contributed by atoms with Crippen LogP contribution in [0.15, 0.2) is 41.3 Å². The molecular formula is C20H23ClN6O2. The van der Waals surface area contributed by atoms with Gasteiger partial charge in [0.1, 0.15) is 6.26 Å². The molecule has 0 saturated heterocycles. The van der Waals surface area contributed by atoms with Crippen molar-refractivity contribution in [2.24, 2.45) is 0 Å². The zero-order valence-electron chi connectivity index (χ0n) is 16.1. The molecule has 1 fully saturated rings. The predicted molar refractivity (Wildman–Crippen MR) is 112 cm³/mol. The second-order valence-corrected chi connectivity index (χ2v) is 7.63. The summed E-state index contributed by atoms with van der Waals surface area (Å²) in [4.78, 5) is 16.1. The number of aromatic nitrogens is 3. The fourth-order valence-corrected chi connectivity index (χ4v) is 3.86. The predicted octanol–water partition coefficient (Wildman–Crippen LogP) is 3.73. The van der Waals surface area contributed by atoms with E-state index >= 15 is 0 Å². The smallest absolute Gasteiger partial charge is 0.292 e. The van der Waals surface area contributed by atoms with Crippen LogP contribution in [0.5, 0.6) is 0 Å². The summed E-state index contributed by atoms with van der Waals surface area (Å²) < 4.78 is 6.93. The average molecular weight is 415 g/mol. The topological polar surface area (TPSA) is 111 Å². The number of carbonyl (C=O) groups excluding carboxylic acids is 1. The van der Waals surface area contributed by atoms with Crippen molar-refractivity contribution < 1.29 is 9.21 Å². The molecule has 8 nitrogen and oxygen atoms in total. The maximum Gasteiger partial charge on any atom is 0.292 e. The van der Waals surface area contributed by atoms with Crippen LogP contribution in [0.3, 0.4) is 0 Å². The van der Waals surface area contributed by atoms with Gasteiger partial charge in [-0.15, -0.1) is 0 Å². The first-order valence-corrected chi connectivity index (χ1v) is 9.95. The van der Waals surface area contributed by atoms with Crippen LogP contribution in [0.4, 0.5) is 11.7 Å². The van der Waals surface area contributed by atoms with Crippen LogP contribution in [-0.2, 0) is 0 Å². The Kier molecular flexibility index (Phi) is 5.55. The van der Waals surface area contributed by atoms with Crippen LogP contribution in [-0.4, -0.2) is 33.8 Å². The number of hydrogen-bond donors (Lipinski definition) is 3. The SMILES string of the molecule is CNC1CCC(n2cc(-c3ccc(Cl)c(NC(=O)c4coc(N)n4)c3)cn2)CC1. The first kappa shape index (κ1) is 19.5. The number of nitrogens with two attached hydrogens (primary N) is 1. The van der Waals surface area contributed by atoms with E-state index < -0.39 is 5.91 Å². The molecule has 0 bridgehead atoms. The summed E-state index contributed by atoms with van der Waals surface area (Å²) in [6.45, 7) is 0. The molecule has 1 aliphatic carbocycles. The van der Waals surface area contributed by atoms with Gasteiger partial charge in [-0.25, -0.2) is 0 Å². The number of nitrogens with zero attached hydrogens (tertiary/aromatic N) is 3. The molecule has 4 N–H and O–H groups in total. The van der Waals surface area contributed by atoms with E-state index in [4.69, 9.17) is 21.8 Å². The fraction of sp³-hybridized carbons (Fsp3) is 0.350. The van der Waals surface area contributed by atoms with Crippen molar-refractivity contribution in [3.8, 4) is 11.1 Å². The monoisotopic (exact) mass is 414 g/mol. The van der Waals surface area contributed by atoms with Crippen LogP contribution >= 0.6 is 11.6 Å². The maximum atomic E-state index is 12.3. The Morgan fingerprint density at radius 1 is 1.28 bits per heavy atom. The zero-order valence-corrected chi connectivity index (χ0v) is 16.8. The largest absolute Gasteiger partial charge is 0.431 e. The number of benzene rings is 1. The normalized spacial score (nSPS) is 19.2. The van der Waals surface area contributed by atoms with Crippen LogP contribution in [0, 0.1) is 0 Å². The lowest BCUT2D eigenvalue weighted by Crippen LogP contribution is -2.31. The van der Waals surface area contributed by atoms with Gasteiger partial charge in [0, 0.05) is 17.8 Å². The van der Waals surface area contributed by atoms with Crippen molar-refractivity contribution in [3.05, 3.63) is 47.6 Å². The average Bonchev–Trinajstić information content (AvgIpc) is 3.39. The van der Waals surface area contributed by atoms with Crippen molar-refractivity contribution in [3.63, 3.8) is 0 Å². The van der Waals surface area contributed by atoms with Crippen LogP contribution < -0.4 is 16.4 Å². The molecular weight excluding hydrogens is 392 g/mol. The van der Waals surface area contributed by atoms with E-state index in [1.54, 1.807) is 6.07 Å². The van der Waals surface area contributed by atoms with Crippen LogP contribution in [0.2, 0.25) is 5.02 Å². The molecule has 3 aromatic rings. The Hall–Kier alpha value is -2.84. The first-order chi connectivity index (χ1) is 14.0. The second kappa shape index (κ2) is 8.26. The molecule has 1 saturated carbocycles. The molecule has 9 heteroatoms. The number of nitrogens with one attached hydrogen (secondary N) is 2. The van der Waals surface area contributed by atoms with Crippen LogP contribution in [0.25, 0.3) is 11.1 Å². The van der Waals surface area contributed by atoms with Gasteiger partial charge in [0.2, 0.25) is 0 Å². The van der Waals surface area contributed by atoms with E-state index in [0.29, 0.717) is 22.8 Å². The van der Waals surface area contributed by atoms with Gasteiger partial charge in [-0.2, -0.15) is 10.1 Å². The summed E-state index contributed by atoms with van der Waals surface area (Å²) in [5, 5.41) is 11.1. The standard InChI is InChI=1S/C20H23ClN6O2/c1-23-14-3-5-15(6-4-14)27-10-13(9-24-27)12-2-7-16(21)17(8-12)25-19(28)18-11-29-20(22)26-18/h2,7-11,14-15,23H,3-6H2,1H3,(H2,22,26)(H,25,28). The summed E-state index contributed by atoms with van der Waals surface area (Å²) >= 11 is 6.26. The van der Waals surface area contributed by atoms with E-state index in [2.05, 4.69) is 26.9 Å². The van der Waals surface area contributed by atoms with E-state index in [9.17, 15) is 4.79 Å². The highest BCUT2D eigenvalue weighted by Gasteiger charge is 2.22. The minimum Gasteiger partial charge on any atom is -0.431 e. The minimum absolute atomic E-state index is 0.0637. The number of nitrogen functional groups attached to an aromatic ring is 1. The van der Waals surface area contributed by atoms with Crippen LogP contribution in [0.1, 0.15) is 42.2 Å². The molecule has 152 valence electrons. The molecule has 1 aromatic carbocycles. The first-order valence-electron chi connectivity index (χ1n) is 9.57. The Balaban J connectivity index is 1.50. The molecule has 2 heterocycles. The Labute approximate surface area is 173 Å². The van der Waals surface area contributed by atoms with Gasteiger partial charge in [0.25, 0.3) is 11.9 Å². The van der Waals surface area contributed by atoms with Gasteiger partial charge >= 0.3 is 0 Å². The van der Waals surface area contributed by atoms with Crippen molar-refractivity contribution >= 4 is 29.2 Å². The molecule has 2 aromatic heterocycles. The number of hydrogen-bond acceptors (Lipinski definition) is 6. The summed E-state index contributed by atoms with van der Waals surface area (Å²) in [5.74, 6) is -0.443. The van der Waals surface area contributed by atoms with Gasteiger partial charge < -0.3 is 20.8 Å². The van der Waals surface area contributed by atoms with E-state index in [0.717, 1.165) is 36.8 Å². The number of halogens is 1. The third-order valence-corrected chi connectivity index (χ3v) is 5.71. The Morgan fingerprint density at radius 2 is 2.07 bits per heavy atom. The number of anilines is 2. The van der Waals surface area contributed by atoms with Gasteiger partial charge in [-0.3, -0.25) is 9.48 Å². The highest BCUT2D eigenvalue weighted by Crippen LogP contribution is 2.32. The minimum atomic E-state index is -0.443. The quantitative estimate of drug-likeness (QED) is 0.586.